The third-order valence-electron chi connectivity index (χ3n) is 4.89. The number of hydrogen-bond donors (Lipinski definition) is 1. The maximum Gasteiger partial charge on any atom is 0.193 e. The molecule has 2 rings (SSSR count). The minimum atomic E-state index is -2.98. The summed E-state index contributed by atoms with van der Waals surface area (Å²) in [5.41, 5.74) is 0.745. The molecule has 1 aliphatic heterocycles. The van der Waals surface area contributed by atoms with Gasteiger partial charge in [0.2, 0.25) is 0 Å². The number of nitrogens with zero attached hydrogens (tertiary/aromatic N) is 2. The Morgan fingerprint density at radius 3 is 2.48 bits per heavy atom. The fraction of sp³-hybridized carbons (Fsp3) is 0.650. The number of benzene rings is 1. The van der Waals surface area contributed by atoms with Gasteiger partial charge in [0.05, 0.1) is 18.4 Å². The summed E-state index contributed by atoms with van der Waals surface area (Å²) in [6.45, 7) is 8.01. The number of rotatable bonds is 6. The van der Waals surface area contributed by atoms with Crippen LogP contribution in [0.25, 0.3) is 0 Å². The predicted molar refractivity (Wildman–Crippen MR) is 126 cm³/mol. The molecule has 0 aliphatic carbocycles. The van der Waals surface area contributed by atoms with E-state index in [-0.39, 0.29) is 53.2 Å². The van der Waals surface area contributed by atoms with E-state index < -0.39 is 9.84 Å². The SMILES string of the molecule is CN=C(NCC(C)(C)CCS(C)(=O)=O)N1CC(C)OC(c2ccc(F)cc2)C1.I. The topological polar surface area (TPSA) is 71.0 Å². The Morgan fingerprint density at radius 2 is 1.93 bits per heavy atom. The van der Waals surface area contributed by atoms with E-state index in [1.54, 1.807) is 19.2 Å². The first-order valence-electron chi connectivity index (χ1n) is 9.53. The smallest absolute Gasteiger partial charge is 0.193 e. The monoisotopic (exact) mass is 541 g/mol. The van der Waals surface area contributed by atoms with Crippen LogP contribution in [-0.4, -0.2) is 64.1 Å². The first-order valence-corrected chi connectivity index (χ1v) is 11.6. The standard InChI is InChI=1S/C20H32FN3O3S.HI/c1-15-12-24(13-18(27-15)16-6-8-17(21)9-7-16)19(22-4)23-14-20(2,3)10-11-28(5,25)26;/h6-9,15,18H,10-14H2,1-5H3,(H,22,23);1H. The molecule has 166 valence electrons. The zero-order chi connectivity index (χ0) is 20.9. The molecule has 1 heterocycles. The average Bonchev–Trinajstić information content (AvgIpc) is 2.60. The summed E-state index contributed by atoms with van der Waals surface area (Å²) in [6.07, 6.45) is 1.68. The van der Waals surface area contributed by atoms with Crippen LogP contribution in [0.3, 0.4) is 0 Å². The van der Waals surface area contributed by atoms with E-state index in [2.05, 4.69) is 15.2 Å². The van der Waals surface area contributed by atoms with Crippen molar-refractivity contribution in [1.29, 1.82) is 0 Å². The zero-order valence-corrected chi connectivity index (χ0v) is 21.0. The number of morpholine rings is 1. The molecule has 9 heteroatoms. The van der Waals surface area contributed by atoms with Gasteiger partial charge in [0, 0.05) is 26.4 Å². The molecule has 0 bridgehead atoms. The van der Waals surface area contributed by atoms with E-state index in [0.29, 0.717) is 26.1 Å². The molecule has 1 N–H and O–H groups in total. The number of hydrogen-bond acceptors (Lipinski definition) is 4. The van der Waals surface area contributed by atoms with E-state index in [4.69, 9.17) is 4.74 Å². The highest BCUT2D eigenvalue weighted by atomic mass is 127. The van der Waals surface area contributed by atoms with Crippen molar-refractivity contribution in [2.75, 3.05) is 38.7 Å². The first-order chi connectivity index (χ1) is 13.0. The molecule has 0 saturated carbocycles. The molecule has 2 unspecified atom stereocenters. The third kappa shape index (κ3) is 8.75. The van der Waals surface area contributed by atoms with Gasteiger partial charge in [0.1, 0.15) is 21.8 Å². The van der Waals surface area contributed by atoms with Crippen LogP contribution in [0.4, 0.5) is 4.39 Å². The highest BCUT2D eigenvalue weighted by Crippen LogP contribution is 2.26. The average molecular weight is 541 g/mol. The molecular formula is C20H33FIN3O3S. The molecule has 0 amide bonds. The van der Waals surface area contributed by atoms with Gasteiger partial charge in [-0.25, -0.2) is 12.8 Å². The summed E-state index contributed by atoms with van der Waals surface area (Å²) < 4.78 is 42.2. The van der Waals surface area contributed by atoms with Crippen LogP contribution in [0, 0.1) is 11.2 Å². The lowest BCUT2D eigenvalue weighted by molar-refractivity contribution is -0.0605. The van der Waals surface area contributed by atoms with Gasteiger partial charge in [-0.05, 0) is 36.5 Å². The van der Waals surface area contributed by atoms with Gasteiger partial charge < -0.3 is 15.0 Å². The number of aliphatic imine (C=N–C) groups is 1. The number of ether oxygens (including phenoxy) is 1. The van der Waals surface area contributed by atoms with Crippen LogP contribution >= 0.6 is 24.0 Å². The van der Waals surface area contributed by atoms with Crippen molar-refractivity contribution in [3.8, 4) is 0 Å². The second-order valence-electron chi connectivity index (χ2n) is 8.34. The lowest BCUT2D eigenvalue weighted by Crippen LogP contribution is -2.52. The summed E-state index contributed by atoms with van der Waals surface area (Å²) in [6, 6.07) is 6.39. The summed E-state index contributed by atoms with van der Waals surface area (Å²) in [4.78, 5) is 6.53. The number of halogens is 2. The quantitative estimate of drug-likeness (QED) is 0.340. The minimum Gasteiger partial charge on any atom is -0.367 e. The summed E-state index contributed by atoms with van der Waals surface area (Å²) >= 11 is 0. The van der Waals surface area contributed by atoms with Crippen LogP contribution in [0.1, 0.15) is 38.9 Å². The molecule has 1 fully saturated rings. The van der Waals surface area contributed by atoms with Crippen LogP contribution in [-0.2, 0) is 14.6 Å². The Hall–Kier alpha value is -0.940. The predicted octanol–water partition coefficient (Wildman–Crippen LogP) is 3.24. The van der Waals surface area contributed by atoms with Crippen molar-refractivity contribution < 1.29 is 17.5 Å². The Labute approximate surface area is 191 Å². The molecule has 0 aromatic heterocycles. The fourth-order valence-corrected chi connectivity index (χ4v) is 4.11. The summed E-state index contributed by atoms with van der Waals surface area (Å²) in [5, 5.41) is 3.38. The molecule has 1 aromatic rings. The normalized spacial score (nSPS) is 20.9. The number of guanidine groups is 1. The Kier molecular flexibility index (Phi) is 9.81. The van der Waals surface area contributed by atoms with Crippen LogP contribution in [0.2, 0.25) is 0 Å². The first kappa shape index (κ1) is 26.1. The maximum atomic E-state index is 13.2. The van der Waals surface area contributed by atoms with Crippen molar-refractivity contribution in [2.24, 2.45) is 10.4 Å². The Morgan fingerprint density at radius 1 is 1.31 bits per heavy atom. The van der Waals surface area contributed by atoms with Gasteiger partial charge >= 0.3 is 0 Å². The third-order valence-corrected chi connectivity index (χ3v) is 5.83. The van der Waals surface area contributed by atoms with Crippen LogP contribution < -0.4 is 5.32 Å². The van der Waals surface area contributed by atoms with Crippen molar-refractivity contribution in [3.63, 3.8) is 0 Å². The largest absolute Gasteiger partial charge is 0.367 e. The van der Waals surface area contributed by atoms with Crippen LogP contribution in [0.15, 0.2) is 29.3 Å². The molecule has 0 radical (unpaired) electrons. The highest BCUT2D eigenvalue weighted by molar-refractivity contribution is 14.0. The lowest BCUT2D eigenvalue weighted by atomic mass is 9.90. The fourth-order valence-electron chi connectivity index (χ4n) is 3.19. The van der Waals surface area contributed by atoms with Crippen molar-refractivity contribution >= 4 is 39.8 Å². The molecular weight excluding hydrogens is 508 g/mol. The van der Waals surface area contributed by atoms with Gasteiger partial charge in [-0.2, -0.15) is 0 Å². The van der Waals surface area contributed by atoms with E-state index in [1.807, 2.05) is 20.8 Å². The maximum absolute atomic E-state index is 13.2. The molecule has 1 aromatic carbocycles. The van der Waals surface area contributed by atoms with Crippen molar-refractivity contribution in [2.45, 2.75) is 39.4 Å². The summed E-state index contributed by atoms with van der Waals surface area (Å²) in [5.74, 6) is 0.662. The van der Waals surface area contributed by atoms with Crippen molar-refractivity contribution in [3.05, 3.63) is 35.6 Å². The Balaban J connectivity index is 0.00000420. The van der Waals surface area contributed by atoms with Gasteiger partial charge in [-0.3, -0.25) is 4.99 Å². The molecule has 2 atom stereocenters. The van der Waals surface area contributed by atoms with Gasteiger partial charge in [-0.15, -0.1) is 24.0 Å². The van der Waals surface area contributed by atoms with Crippen LogP contribution in [0.5, 0.6) is 0 Å². The van der Waals surface area contributed by atoms with Crippen molar-refractivity contribution in [1.82, 2.24) is 10.2 Å². The Bertz CT molecular complexity index is 785. The van der Waals surface area contributed by atoms with Gasteiger partial charge in [-0.1, -0.05) is 26.0 Å². The highest BCUT2D eigenvalue weighted by Gasteiger charge is 2.29. The lowest BCUT2D eigenvalue weighted by Gasteiger charge is -2.39. The van der Waals surface area contributed by atoms with E-state index in [9.17, 15) is 12.8 Å². The van der Waals surface area contributed by atoms with Gasteiger partial charge in [0.15, 0.2) is 5.96 Å². The molecule has 6 nitrogen and oxygen atoms in total. The molecule has 1 aliphatic rings. The summed E-state index contributed by atoms with van der Waals surface area (Å²) in [7, 11) is -1.25. The second-order valence-corrected chi connectivity index (χ2v) is 10.6. The minimum absolute atomic E-state index is 0. The zero-order valence-electron chi connectivity index (χ0n) is 17.8. The second kappa shape index (κ2) is 10.9. The molecule has 0 spiro atoms. The number of sulfone groups is 1. The van der Waals surface area contributed by atoms with E-state index >= 15 is 0 Å². The number of nitrogens with one attached hydrogen (secondary N) is 1. The molecule has 1 saturated heterocycles. The van der Waals surface area contributed by atoms with Gasteiger partial charge in [0.25, 0.3) is 0 Å². The van der Waals surface area contributed by atoms with E-state index in [0.717, 1.165) is 11.5 Å². The van der Waals surface area contributed by atoms with E-state index in [1.165, 1.54) is 18.4 Å². The molecule has 29 heavy (non-hydrogen) atoms.